The third-order valence-corrected chi connectivity index (χ3v) is 6.04. The molecule has 0 aliphatic heterocycles. The van der Waals surface area contributed by atoms with Crippen molar-refractivity contribution in [2.24, 2.45) is 5.10 Å². The predicted octanol–water partition coefficient (Wildman–Crippen LogP) is 6.65. The molecule has 0 atom stereocenters. The zero-order valence-electron chi connectivity index (χ0n) is 21.8. The van der Waals surface area contributed by atoms with Crippen molar-refractivity contribution < 1.29 is 18.3 Å². The van der Waals surface area contributed by atoms with Gasteiger partial charge in [0.15, 0.2) is 0 Å². The zero-order valence-corrected chi connectivity index (χ0v) is 22.6. The first-order valence-electron chi connectivity index (χ1n) is 12.4. The third-order valence-electron chi connectivity index (χ3n) is 5.69. The first-order valence-corrected chi connectivity index (χ1v) is 12.8. The van der Waals surface area contributed by atoms with Crippen LogP contribution in [-0.2, 0) is 13.2 Å². The number of halogens is 2. The van der Waals surface area contributed by atoms with Crippen LogP contribution in [0.15, 0.2) is 94.6 Å². The molecule has 0 unspecified atom stereocenters. The van der Waals surface area contributed by atoms with Crippen LogP contribution in [0.5, 0.6) is 11.5 Å². The minimum absolute atomic E-state index is 0.0169. The molecular formula is C29H25ClFN7O3. The summed E-state index contributed by atoms with van der Waals surface area (Å²) in [5.41, 5.74) is 4.70. The number of methoxy groups -OCH3 is 1. The highest BCUT2D eigenvalue weighted by Gasteiger charge is 2.09. The lowest BCUT2D eigenvalue weighted by Gasteiger charge is -2.10. The van der Waals surface area contributed by atoms with Crippen LogP contribution >= 0.6 is 11.6 Å². The molecule has 0 aliphatic rings. The molecule has 2 aromatic heterocycles. The summed E-state index contributed by atoms with van der Waals surface area (Å²) in [7, 11) is 1.61. The molecule has 3 N–H and O–H groups in total. The van der Waals surface area contributed by atoms with Gasteiger partial charge in [-0.2, -0.15) is 20.1 Å². The van der Waals surface area contributed by atoms with Crippen molar-refractivity contribution in [2.75, 3.05) is 23.2 Å². The van der Waals surface area contributed by atoms with Crippen molar-refractivity contribution in [1.82, 2.24) is 15.0 Å². The van der Waals surface area contributed by atoms with Gasteiger partial charge in [0.05, 0.1) is 31.2 Å². The van der Waals surface area contributed by atoms with Crippen LogP contribution in [0, 0.1) is 5.82 Å². The highest BCUT2D eigenvalue weighted by molar-refractivity contribution is 6.31. The van der Waals surface area contributed by atoms with Gasteiger partial charge < -0.3 is 24.5 Å². The minimum Gasteiger partial charge on any atom is -0.497 e. The number of benzene rings is 3. The lowest BCUT2D eigenvalue weighted by atomic mass is 10.2. The Hall–Kier alpha value is -5.16. The average Bonchev–Trinajstić information content (AvgIpc) is 3.51. The number of furan rings is 1. The fourth-order valence-electron chi connectivity index (χ4n) is 3.58. The van der Waals surface area contributed by atoms with E-state index < -0.39 is 5.82 Å². The topological polar surface area (TPSA) is 119 Å². The van der Waals surface area contributed by atoms with Gasteiger partial charge >= 0.3 is 0 Å². The molecule has 3 aromatic carbocycles. The third kappa shape index (κ3) is 7.70. The maximum absolute atomic E-state index is 14.0. The number of hydrazone groups is 1. The second-order valence-corrected chi connectivity index (χ2v) is 8.93. The van der Waals surface area contributed by atoms with Gasteiger partial charge in [-0.25, -0.2) is 9.82 Å². The summed E-state index contributed by atoms with van der Waals surface area (Å²) in [6, 6.07) is 22.7. The van der Waals surface area contributed by atoms with E-state index in [1.54, 1.807) is 49.9 Å². The van der Waals surface area contributed by atoms with Gasteiger partial charge in [0.2, 0.25) is 17.8 Å². The van der Waals surface area contributed by atoms with Crippen LogP contribution in [0.3, 0.4) is 0 Å². The van der Waals surface area contributed by atoms with E-state index in [1.165, 1.54) is 6.07 Å². The number of ether oxygens (including phenoxy) is 2. The van der Waals surface area contributed by atoms with Crippen molar-refractivity contribution in [2.45, 2.75) is 13.2 Å². The molecular weight excluding hydrogens is 549 g/mol. The largest absolute Gasteiger partial charge is 0.497 e. The summed E-state index contributed by atoms with van der Waals surface area (Å²) in [5, 5.41) is 10.9. The second-order valence-electron chi connectivity index (χ2n) is 8.52. The Balaban J connectivity index is 1.24. The number of rotatable bonds is 12. The predicted molar refractivity (Wildman–Crippen MR) is 156 cm³/mol. The van der Waals surface area contributed by atoms with Gasteiger partial charge in [-0.15, -0.1) is 0 Å². The van der Waals surface area contributed by atoms with Crippen LogP contribution in [0.2, 0.25) is 5.02 Å². The van der Waals surface area contributed by atoms with E-state index in [-0.39, 0.29) is 12.6 Å². The number of nitrogens with zero attached hydrogens (tertiary/aromatic N) is 4. The van der Waals surface area contributed by atoms with Gasteiger partial charge in [0, 0.05) is 11.3 Å². The van der Waals surface area contributed by atoms with Crippen molar-refractivity contribution in [3.05, 3.63) is 113 Å². The summed E-state index contributed by atoms with van der Waals surface area (Å²) < 4.78 is 30.2. The first kappa shape index (κ1) is 27.4. The molecule has 0 saturated carbocycles. The molecule has 2 heterocycles. The van der Waals surface area contributed by atoms with Gasteiger partial charge in [-0.1, -0.05) is 17.7 Å². The number of aromatic nitrogens is 3. The quantitative estimate of drug-likeness (QED) is 0.111. The molecule has 41 heavy (non-hydrogen) atoms. The lowest BCUT2D eigenvalue weighted by Crippen LogP contribution is -2.09. The molecule has 208 valence electrons. The SMILES string of the molecule is COc1ccc(Nc2nc(NCc3ccco3)nc(N/N=C/c3ccc(OCc4c(F)cccc4Cl)cc3)n2)cc1. The summed E-state index contributed by atoms with van der Waals surface area (Å²) in [6.07, 6.45) is 3.20. The normalized spacial score (nSPS) is 10.9. The van der Waals surface area contributed by atoms with Gasteiger partial charge in [0.1, 0.15) is 29.7 Å². The first-order chi connectivity index (χ1) is 20.1. The van der Waals surface area contributed by atoms with E-state index in [4.69, 9.17) is 25.5 Å². The highest BCUT2D eigenvalue weighted by atomic mass is 35.5. The van der Waals surface area contributed by atoms with E-state index in [0.29, 0.717) is 34.8 Å². The van der Waals surface area contributed by atoms with E-state index in [1.807, 2.05) is 42.5 Å². The summed E-state index contributed by atoms with van der Waals surface area (Å²) in [4.78, 5) is 13.2. The second kappa shape index (κ2) is 13.3. The monoisotopic (exact) mass is 573 g/mol. The molecule has 12 heteroatoms. The molecule has 10 nitrogen and oxygen atoms in total. The number of nitrogens with one attached hydrogen (secondary N) is 3. The standard InChI is InChI=1S/C29H25ClFN7O3/c1-39-21-13-9-20(10-14-21)34-28-35-27(32-17-23-4-3-15-40-23)36-29(37-28)38-33-16-19-7-11-22(12-8-19)41-18-24-25(30)5-2-6-26(24)31/h2-16H,17-18H2,1H3,(H3,32,34,35,36,37,38)/b33-16+. The van der Waals surface area contributed by atoms with Crippen LogP contribution in [0.25, 0.3) is 0 Å². The number of anilines is 4. The maximum Gasteiger partial charge on any atom is 0.250 e. The van der Waals surface area contributed by atoms with E-state index in [9.17, 15) is 4.39 Å². The van der Waals surface area contributed by atoms with Crippen LogP contribution in [0.1, 0.15) is 16.9 Å². The fourth-order valence-corrected chi connectivity index (χ4v) is 3.80. The number of hydrogen-bond donors (Lipinski definition) is 3. The van der Waals surface area contributed by atoms with E-state index in [2.05, 4.69) is 36.1 Å². The van der Waals surface area contributed by atoms with Crippen LogP contribution in [0.4, 0.5) is 27.9 Å². The lowest BCUT2D eigenvalue weighted by molar-refractivity contribution is 0.300. The Morgan fingerprint density at radius 3 is 2.39 bits per heavy atom. The molecule has 0 spiro atoms. The zero-order chi connectivity index (χ0) is 28.4. The Kier molecular flexibility index (Phi) is 8.87. The Labute approximate surface area is 240 Å². The van der Waals surface area contributed by atoms with Crippen LogP contribution < -0.4 is 25.5 Å². The summed E-state index contributed by atoms with van der Waals surface area (Å²) in [5.74, 6) is 2.46. The molecule has 0 amide bonds. The minimum atomic E-state index is -0.410. The van der Waals surface area contributed by atoms with Crippen molar-refractivity contribution in [1.29, 1.82) is 0 Å². The Bertz CT molecular complexity index is 1580. The van der Waals surface area contributed by atoms with Gasteiger partial charge in [0.25, 0.3) is 0 Å². The molecule has 0 aliphatic carbocycles. The molecule has 0 bridgehead atoms. The van der Waals surface area contributed by atoms with Crippen molar-refractivity contribution >= 4 is 41.3 Å². The highest BCUT2D eigenvalue weighted by Crippen LogP contribution is 2.22. The van der Waals surface area contributed by atoms with Crippen LogP contribution in [-0.4, -0.2) is 28.3 Å². The maximum atomic E-state index is 14.0. The Morgan fingerprint density at radius 2 is 1.66 bits per heavy atom. The Morgan fingerprint density at radius 1 is 0.902 bits per heavy atom. The van der Waals surface area contributed by atoms with Crippen molar-refractivity contribution in [3.63, 3.8) is 0 Å². The summed E-state index contributed by atoms with van der Waals surface area (Å²) in [6.45, 7) is 0.405. The van der Waals surface area contributed by atoms with Gasteiger partial charge in [-0.05, 0) is 78.4 Å². The van der Waals surface area contributed by atoms with E-state index in [0.717, 1.165) is 22.8 Å². The van der Waals surface area contributed by atoms with Gasteiger partial charge in [-0.3, -0.25) is 0 Å². The smallest absolute Gasteiger partial charge is 0.250 e. The molecule has 5 rings (SSSR count). The molecule has 0 saturated heterocycles. The van der Waals surface area contributed by atoms with Crippen molar-refractivity contribution in [3.8, 4) is 11.5 Å². The number of hydrogen-bond acceptors (Lipinski definition) is 10. The average molecular weight is 574 g/mol. The molecule has 0 radical (unpaired) electrons. The molecule has 5 aromatic rings. The summed E-state index contributed by atoms with van der Waals surface area (Å²) >= 11 is 6.07. The molecule has 0 fully saturated rings. The fraction of sp³-hybridized carbons (Fsp3) is 0.103. The van der Waals surface area contributed by atoms with E-state index >= 15 is 0 Å².